The minimum Gasteiger partial charge on any atom is -0.0651 e. The van der Waals surface area contributed by atoms with Crippen molar-refractivity contribution in [2.45, 2.75) is 19.8 Å². The molecule has 2 radical (unpaired) electrons. The van der Waals surface area contributed by atoms with Crippen molar-refractivity contribution in [1.82, 2.24) is 0 Å². The van der Waals surface area contributed by atoms with Crippen LogP contribution < -0.4 is 0 Å². The van der Waals surface area contributed by atoms with Gasteiger partial charge in [0.15, 0.2) is 0 Å². The van der Waals surface area contributed by atoms with Crippen LogP contribution in [0, 0.1) is 6.42 Å². The van der Waals surface area contributed by atoms with Gasteiger partial charge < -0.3 is 0 Å². The minimum absolute atomic E-state index is 1.15. The molecule has 12 heavy (non-hydrogen) atoms. The molecule has 0 N–H and O–H groups in total. The average molecular weight is 156 g/mol. The van der Waals surface area contributed by atoms with Crippen molar-refractivity contribution in [2.75, 3.05) is 0 Å². The lowest BCUT2D eigenvalue weighted by molar-refractivity contribution is 0.924. The maximum atomic E-state index is 3.40. The summed E-state index contributed by atoms with van der Waals surface area (Å²) in [5.41, 5.74) is 3.92. The third kappa shape index (κ3) is 1.29. The van der Waals surface area contributed by atoms with Crippen LogP contribution in [0.1, 0.15) is 30.9 Å². The van der Waals surface area contributed by atoms with E-state index < -0.39 is 0 Å². The molecule has 0 aliphatic heterocycles. The van der Waals surface area contributed by atoms with Crippen LogP contribution in [0.15, 0.2) is 29.8 Å². The molecule has 2 rings (SSSR count). The second kappa shape index (κ2) is 3.14. The Hall–Kier alpha value is -1.04. The molecule has 0 bridgehead atoms. The summed E-state index contributed by atoms with van der Waals surface area (Å²) in [4.78, 5) is 0. The summed E-state index contributed by atoms with van der Waals surface area (Å²) in [6.45, 7) is 2.20. The average Bonchev–Trinajstić information content (AvgIpc) is 2.47. The highest BCUT2D eigenvalue weighted by atomic mass is 14.1. The quantitative estimate of drug-likeness (QED) is 0.616. The first-order valence-corrected chi connectivity index (χ1v) is 4.47. The van der Waals surface area contributed by atoms with Gasteiger partial charge in [0.2, 0.25) is 0 Å². The van der Waals surface area contributed by atoms with Crippen LogP contribution in [0.25, 0.3) is 6.08 Å². The third-order valence-corrected chi connectivity index (χ3v) is 2.11. The second-order valence-electron chi connectivity index (χ2n) is 3.13. The predicted molar refractivity (Wildman–Crippen MR) is 51.7 cm³/mol. The van der Waals surface area contributed by atoms with Crippen LogP contribution in [-0.2, 0) is 0 Å². The van der Waals surface area contributed by atoms with Crippen molar-refractivity contribution in [1.29, 1.82) is 0 Å². The second-order valence-corrected chi connectivity index (χ2v) is 3.13. The van der Waals surface area contributed by atoms with E-state index in [1.54, 1.807) is 0 Å². The number of hydrogen-bond acceptors (Lipinski definition) is 0. The molecule has 0 heterocycles. The highest BCUT2D eigenvalue weighted by molar-refractivity contribution is 5.68. The molecule has 0 aromatic heterocycles. The lowest BCUT2D eigenvalue weighted by atomic mass is 10.1. The van der Waals surface area contributed by atoms with Gasteiger partial charge in [-0.15, -0.1) is 0 Å². The number of rotatable bonds is 2. The summed E-state index contributed by atoms with van der Waals surface area (Å²) in [5, 5.41) is 0. The van der Waals surface area contributed by atoms with Gasteiger partial charge in [0.1, 0.15) is 0 Å². The van der Waals surface area contributed by atoms with E-state index in [2.05, 4.69) is 43.7 Å². The van der Waals surface area contributed by atoms with Crippen LogP contribution in [0.5, 0.6) is 0 Å². The molecule has 0 saturated carbocycles. The summed E-state index contributed by atoms with van der Waals surface area (Å²) in [6.07, 6.45) is 7.98. The Kier molecular flexibility index (Phi) is 1.99. The van der Waals surface area contributed by atoms with E-state index in [9.17, 15) is 0 Å². The van der Waals surface area contributed by atoms with E-state index in [0.29, 0.717) is 0 Å². The maximum absolute atomic E-state index is 3.40. The summed E-state index contributed by atoms with van der Waals surface area (Å²) in [6, 6.07) is 8.40. The van der Waals surface area contributed by atoms with Crippen molar-refractivity contribution in [3.05, 3.63) is 47.4 Å². The van der Waals surface area contributed by atoms with Crippen molar-refractivity contribution in [3.63, 3.8) is 0 Å². The Morgan fingerprint density at radius 1 is 1.25 bits per heavy atom. The molecule has 60 valence electrons. The number of hydrogen-bond donors (Lipinski definition) is 0. The first-order valence-electron chi connectivity index (χ1n) is 4.47. The zero-order valence-electron chi connectivity index (χ0n) is 7.30. The molecule has 0 heteroatoms. The van der Waals surface area contributed by atoms with E-state index in [1.807, 2.05) is 0 Å². The van der Waals surface area contributed by atoms with Crippen LogP contribution in [-0.4, -0.2) is 0 Å². The first-order chi connectivity index (χ1) is 5.90. The van der Waals surface area contributed by atoms with Gasteiger partial charge in [-0.05, 0) is 17.5 Å². The molecule has 0 unspecified atom stereocenters. The molecule has 0 atom stereocenters. The SMILES string of the molecule is CCCC1=Cc2ccccc2[C]1. The molecule has 0 fully saturated rings. The molecule has 1 aliphatic carbocycles. The summed E-state index contributed by atoms with van der Waals surface area (Å²) >= 11 is 0. The molecular formula is C12H12. The Balaban J connectivity index is 2.23. The Morgan fingerprint density at radius 3 is 2.83 bits per heavy atom. The fraction of sp³-hybridized carbons (Fsp3) is 0.250. The molecule has 1 aromatic rings. The van der Waals surface area contributed by atoms with E-state index in [-0.39, 0.29) is 0 Å². The zero-order chi connectivity index (χ0) is 8.39. The van der Waals surface area contributed by atoms with Gasteiger partial charge in [0.25, 0.3) is 0 Å². The number of fused-ring (bicyclic) bond motifs is 1. The zero-order valence-corrected chi connectivity index (χ0v) is 7.30. The minimum atomic E-state index is 1.15. The Labute approximate surface area is 73.9 Å². The lowest BCUT2D eigenvalue weighted by Gasteiger charge is -1.95. The van der Waals surface area contributed by atoms with Crippen molar-refractivity contribution < 1.29 is 0 Å². The largest absolute Gasteiger partial charge is 0.0651 e. The molecule has 0 nitrogen and oxygen atoms in total. The van der Waals surface area contributed by atoms with Gasteiger partial charge >= 0.3 is 0 Å². The third-order valence-electron chi connectivity index (χ3n) is 2.11. The summed E-state index contributed by atoms with van der Waals surface area (Å²) in [7, 11) is 0. The van der Waals surface area contributed by atoms with Crippen molar-refractivity contribution in [3.8, 4) is 0 Å². The van der Waals surface area contributed by atoms with Crippen molar-refractivity contribution >= 4 is 6.08 Å². The van der Waals surface area contributed by atoms with Gasteiger partial charge in [-0.2, -0.15) is 0 Å². The summed E-state index contributed by atoms with van der Waals surface area (Å²) in [5.74, 6) is 0. The monoisotopic (exact) mass is 156 g/mol. The van der Waals surface area contributed by atoms with Gasteiger partial charge in [-0.3, -0.25) is 0 Å². The fourth-order valence-electron chi connectivity index (χ4n) is 1.54. The van der Waals surface area contributed by atoms with Crippen molar-refractivity contribution in [2.24, 2.45) is 0 Å². The van der Waals surface area contributed by atoms with Crippen LogP contribution in [0.4, 0.5) is 0 Å². The van der Waals surface area contributed by atoms with Crippen LogP contribution in [0.2, 0.25) is 0 Å². The van der Waals surface area contributed by atoms with Gasteiger partial charge in [0, 0.05) is 6.42 Å². The molecular weight excluding hydrogens is 144 g/mol. The lowest BCUT2D eigenvalue weighted by Crippen LogP contribution is -1.80. The van der Waals surface area contributed by atoms with Gasteiger partial charge in [-0.1, -0.05) is 49.3 Å². The maximum Gasteiger partial charge on any atom is 0.0464 e. The highest BCUT2D eigenvalue weighted by Crippen LogP contribution is 2.28. The number of benzene rings is 1. The molecule has 0 saturated heterocycles. The fourth-order valence-corrected chi connectivity index (χ4v) is 1.54. The molecule has 1 aromatic carbocycles. The number of allylic oxidation sites excluding steroid dienone is 1. The predicted octanol–water partition coefficient (Wildman–Crippen LogP) is 3.31. The van der Waals surface area contributed by atoms with Gasteiger partial charge in [0.05, 0.1) is 0 Å². The topological polar surface area (TPSA) is 0 Å². The first kappa shape index (κ1) is 7.60. The molecule has 0 amide bonds. The van der Waals surface area contributed by atoms with Gasteiger partial charge in [-0.25, -0.2) is 0 Å². The standard InChI is InChI=1S/C12H12/c1-2-5-10-8-11-6-3-4-7-12(11)9-10/h3-4,6-8H,2,5H2,1H3. The smallest absolute Gasteiger partial charge is 0.0464 e. The Bertz CT molecular complexity index is 308. The van der Waals surface area contributed by atoms with Crippen LogP contribution >= 0.6 is 0 Å². The Morgan fingerprint density at radius 2 is 2.08 bits per heavy atom. The van der Waals surface area contributed by atoms with E-state index >= 15 is 0 Å². The van der Waals surface area contributed by atoms with E-state index in [4.69, 9.17) is 0 Å². The van der Waals surface area contributed by atoms with E-state index in [0.717, 1.165) is 6.42 Å². The molecule has 1 aliphatic rings. The normalized spacial score (nSPS) is 14.2. The summed E-state index contributed by atoms with van der Waals surface area (Å²) < 4.78 is 0. The highest BCUT2D eigenvalue weighted by Gasteiger charge is 2.10. The molecule has 0 spiro atoms. The van der Waals surface area contributed by atoms with Crippen LogP contribution in [0.3, 0.4) is 0 Å². The van der Waals surface area contributed by atoms with E-state index in [1.165, 1.54) is 23.1 Å².